The van der Waals surface area contributed by atoms with E-state index in [1.807, 2.05) is 0 Å². The summed E-state index contributed by atoms with van der Waals surface area (Å²) in [6, 6.07) is 0. The van der Waals surface area contributed by atoms with Gasteiger partial charge < -0.3 is 23.5 Å². The highest BCUT2D eigenvalue weighted by atomic mass is 31.2. The molecule has 1 N–H and O–H groups in total. The Kier molecular flexibility index (Phi) is 10.5. The summed E-state index contributed by atoms with van der Waals surface area (Å²) in [5.41, 5.74) is 0. The first-order valence-corrected chi connectivity index (χ1v) is 6.66. The highest BCUT2D eigenvalue weighted by Gasteiger charge is 2.04. The summed E-state index contributed by atoms with van der Waals surface area (Å²) < 4.78 is 19.8. The number of phosphoric acid groups is 1. The number of nitrogens with zero attached hydrogens (tertiary/aromatic N) is 1. The number of aliphatic hydroxyl groups excluding tert-OH is 1. The lowest BCUT2D eigenvalue weighted by Crippen LogP contribution is -2.36. The van der Waals surface area contributed by atoms with E-state index in [0.717, 1.165) is 11.0 Å². The Morgan fingerprint density at radius 3 is 1.69 bits per heavy atom. The van der Waals surface area contributed by atoms with Crippen LogP contribution in [0, 0.1) is 0 Å². The van der Waals surface area contributed by atoms with Crippen LogP contribution in [0.3, 0.4) is 0 Å². The Balaban J connectivity index is 0. The number of rotatable bonds is 6. The van der Waals surface area contributed by atoms with Crippen LogP contribution in [0.4, 0.5) is 0 Å². The van der Waals surface area contributed by atoms with E-state index in [4.69, 9.17) is 5.11 Å². The Hall–Kier alpha value is 0.0300. The van der Waals surface area contributed by atoms with Gasteiger partial charge in [-0.2, -0.15) is 0 Å². The smallest absolute Gasteiger partial charge is 0.267 e. The summed E-state index contributed by atoms with van der Waals surface area (Å²) in [5, 5.41) is 8.39. The predicted molar refractivity (Wildman–Crippen MR) is 60.8 cm³/mol. The molecule has 0 saturated carbocycles. The van der Waals surface area contributed by atoms with Crippen LogP contribution in [0.5, 0.6) is 0 Å². The summed E-state index contributed by atoms with van der Waals surface area (Å²) >= 11 is 0. The Bertz CT molecular complexity index is 195. The number of hydrogen-bond donors (Lipinski definition) is 1. The van der Waals surface area contributed by atoms with Crippen LogP contribution in [-0.2, 0) is 13.6 Å². The number of hydrogen-bond acceptors (Lipinski definition) is 5. The average Bonchev–Trinajstić information content (AvgIpc) is 2.01. The Morgan fingerprint density at radius 2 is 1.56 bits per heavy atom. The first-order chi connectivity index (χ1) is 7.18. The fourth-order valence-corrected chi connectivity index (χ4v) is 1.36. The first kappa shape index (κ1) is 18.4. The molecule has 6 nitrogen and oxygen atoms in total. The van der Waals surface area contributed by atoms with Gasteiger partial charge in [0, 0.05) is 0 Å². The molecular formula is C9H24NO5P. The van der Waals surface area contributed by atoms with Gasteiger partial charge >= 0.3 is 0 Å². The van der Waals surface area contributed by atoms with Crippen LogP contribution in [0.2, 0.25) is 0 Å². The lowest BCUT2D eigenvalue weighted by atomic mass is 10.5. The van der Waals surface area contributed by atoms with Crippen molar-refractivity contribution in [1.82, 2.24) is 0 Å². The Labute approximate surface area is 98.0 Å². The third-order valence-corrected chi connectivity index (χ3v) is 2.49. The number of phosphoric ester groups is 1. The third kappa shape index (κ3) is 16.5. The van der Waals surface area contributed by atoms with Gasteiger partial charge in [-0.05, 0) is 13.8 Å². The molecule has 0 radical (unpaired) electrons. The second kappa shape index (κ2) is 9.10. The van der Waals surface area contributed by atoms with E-state index in [0.29, 0.717) is 0 Å². The van der Waals surface area contributed by atoms with Gasteiger partial charge in [-0.15, -0.1) is 0 Å². The Morgan fingerprint density at radius 1 is 1.19 bits per heavy atom. The lowest BCUT2D eigenvalue weighted by molar-refractivity contribution is -0.870. The maximum absolute atomic E-state index is 10.4. The lowest BCUT2D eigenvalue weighted by Gasteiger charge is -2.21. The first-order valence-electron chi connectivity index (χ1n) is 5.20. The zero-order valence-corrected chi connectivity index (χ0v) is 11.7. The molecule has 0 aliphatic heterocycles. The minimum absolute atomic E-state index is 0.126. The van der Waals surface area contributed by atoms with E-state index < -0.39 is 7.82 Å². The molecule has 0 amide bonds. The largest absolute Gasteiger partial charge is 0.756 e. The fraction of sp³-hybridized carbons (Fsp3) is 1.00. The van der Waals surface area contributed by atoms with Gasteiger partial charge in [0.2, 0.25) is 0 Å². The molecule has 0 aromatic carbocycles. The van der Waals surface area contributed by atoms with Gasteiger partial charge in [0.05, 0.1) is 41.0 Å². The van der Waals surface area contributed by atoms with E-state index in [9.17, 15) is 9.46 Å². The maximum Gasteiger partial charge on any atom is 0.267 e. The molecule has 0 atom stereocenters. The highest BCUT2D eigenvalue weighted by molar-refractivity contribution is 7.45. The second-order valence-corrected chi connectivity index (χ2v) is 5.43. The van der Waals surface area contributed by atoms with Crippen molar-refractivity contribution >= 4 is 7.82 Å². The number of quaternary nitrogens is 1. The van der Waals surface area contributed by atoms with E-state index in [-0.39, 0.29) is 19.8 Å². The van der Waals surface area contributed by atoms with Crippen molar-refractivity contribution in [1.29, 1.82) is 0 Å². The van der Waals surface area contributed by atoms with Crippen molar-refractivity contribution in [2.24, 2.45) is 0 Å². The molecule has 7 heteroatoms. The number of aliphatic hydroxyl groups is 1. The van der Waals surface area contributed by atoms with Crippen molar-refractivity contribution in [3.8, 4) is 0 Å². The van der Waals surface area contributed by atoms with Crippen molar-refractivity contribution in [2.75, 3.05) is 47.5 Å². The minimum Gasteiger partial charge on any atom is -0.756 e. The van der Waals surface area contributed by atoms with Gasteiger partial charge in [-0.1, -0.05) is 0 Å². The summed E-state index contributed by atoms with van der Waals surface area (Å²) in [6.45, 7) is 4.54. The molecule has 0 aliphatic rings. The number of likely N-dealkylation sites (N-methyl/N-ethyl adjacent to an activating group) is 1. The van der Waals surface area contributed by atoms with Crippen LogP contribution < -0.4 is 4.89 Å². The van der Waals surface area contributed by atoms with Gasteiger partial charge in [-0.3, -0.25) is 4.57 Å². The molecule has 0 saturated heterocycles. The van der Waals surface area contributed by atoms with Crippen LogP contribution in [0.1, 0.15) is 13.8 Å². The van der Waals surface area contributed by atoms with Gasteiger partial charge in [0.25, 0.3) is 7.82 Å². The molecule has 0 aromatic rings. The molecule has 0 heterocycles. The SMILES string of the molecule is CCOP(=O)([O-])OCC.C[N+](C)(C)CCO. The standard InChI is InChI=1S/C5H14NO.C4H11O4P/c1-6(2,3)4-5-7;1-3-7-9(5,6)8-4-2/h7H,4-5H2,1-3H3;3-4H2,1-2H3,(H,5,6)/q+1;/p-1. The highest BCUT2D eigenvalue weighted by Crippen LogP contribution is 2.37. The summed E-state index contributed by atoms with van der Waals surface area (Å²) in [7, 11) is 2.21. The minimum atomic E-state index is -3.94. The van der Waals surface area contributed by atoms with Gasteiger partial charge in [0.15, 0.2) is 0 Å². The maximum atomic E-state index is 10.4. The van der Waals surface area contributed by atoms with Gasteiger partial charge in [0.1, 0.15) is 6.54 Å². The topological polar surface area (TPSA) is 78.8 Å². The molecule has 16 heavy (non-hydrogen) atoms. The van der Waals surface area contributed by atoms with Crippen LogP contribution in [0.15, 0.2) is 0 Å². The van der Waals surface area contributed by atoms with Crippen molar-refractivity contribution < 1.29 is 28.1 Å². The average molecular weight is 257 g/mol. The summed E-state index contributed by atoms with van der Waals surface area (Å²) in [4.78, 5) is 10.4. The van der Waals surface area contributed by atoms with Gasteiger partial charge in [-0.25, -0.2) is 0 Å². The predicted octanol–water partition coefficient (Wildman–Crippen LogP) is 0.213. The fourth-order valence-electron chi connectivity index (χ4n) is 0.653. The summed E-state index contributed by atoms with van der Waals surface area (Å²) in [5.74, 6) is 0. The molecule has 0 aliphatic carbocycles. The van der Waals surface area contributed by atoms with Crippen LogP contribution in [-0.4, -0.2) is 57.1 Å². The molecule has 0 aromatic heterocycles. The molecule has 0 spiro atoms. The van der Waals surface area contributed by atoms with Crippen molar-refractivity contribution in [3.63, 3.8) is 0 Å². The van der Waals surface area contributed by atoms with E-state index in [1.165, 1.54) is 0 Å². The van der Waals surface area contributed by atoms with E-state index >= 15 is 0 Å². The zero-order valence-electron chi connectivity index (χ0n) is 10.8. The van der Waals surface area contributed by atoms with Crippen molar-refractivity contribution in [3.05, 3.63) is 0 Å². The van der Waals surface area contributed by atoms with Crippen molar-refractivity contribution in [2.45, 2.75) is 13.8 Å². The molecule has 100 valence electrons. The molecule has 0 rings (SSSR count). The normalized spacial score (nSPS) is 11.9. The summed E-state index contributed by atoms with van der Waals surface area (Å²) in [6.07, 6.45) is 0. The van der Waals surface area contributed by atoms with E-state index in [2.05, 4.69) is 30.2 Å². The molecular weight excluding hydrogens is 233 g/mol. The molecule has 0 bridgehead atoms. The van der Waals surface area contributed by atoms with Crippen LogP contribution >= 0.6 is 7.82 Å². The monoisotopic (exact) mass is 257 g/mol. The zero-order chi connectivity index (χ0) is 13.2. The second-order valence-electron chi connectivity index (χ2n) is 4.02. The van der Waals surface area contributed by atoms with E-state index in [1.54, 1.807) is 13.8 Å². The molecule has 0 unspecified atom stereocenters. The quantitative estimate of drug-likeness (QED) is 0.543. The van der Waals surface area contributed by atoms with Crippen LogP contribution in [0.25, 0.3) is 0 Å². The third-order valence-electron chi connectivity index (χ3n) is 1.35. The molecule has 0 fully saturated rings.